The molecule has 0 aromatic rings. The predicted molar refractivity (Wildman–Crippen MR) is 37.1 cm³/mol. The summed E-state index contributed by atoms with van der Waals surface area (Å²) in [5, 5.41) is 0. The van der Waals surface area contributed by atoms with E-state index in [-0.39, 0.29) is 0 Å². The first kappa shape index (κ1) is 6.32. The van der Waals surface area contributed by atoms with Gasteiger partial charge in [-0.25, -0.2) is 0 Å². The van der Waals surface area contributed by atoms with Crippen LogP contribution >= 0.6 is 0 Å². The van der Waals surface area contributed by atoms with E-state index in [2.05, 4.69) is 0 Å². The Morgan fingerprint density at radius 3 is 2.44 bits per heavy atom. The van der Waals surface area contributed by atoms with Crippen molar-refractivity contribution in [2.45, 2.75) is 12.1 Å². The highest BCUT2D eigenvalue weighted by molar-refractivity contribution is 5.25. The molecule has 1 rings (SSSR count). The molecule has 0 heterocycles. The lowest BCUT2D eigenvalue weighted by Crippen LogP contribution is -2.47. The van der Waals surface area contributed by atoms with E-state index < -0.39 is 5.66 Å². The zero-order valence-corrected chi connectivity index (χ0v) is 5.17. The molecule has 0 radical (unpaired) electrons. The average molecular weight is 125 g/mol. The van der Waals surface area contributed by atoms with Gasteiger partial charge in [-0.1, -0.05) is 6.08 Å². The van der Waals surface area contributed by atoms with Crippen molar-refractivity contribution in [3.63, 3.8) is 0 Å². The average Bonchev–Trinajstić information content (AvgIpc) is 1.78. The summed E-state index contributed by atoms with van der Waals surface area (Å²) >= 11 is 0. The molecule has 0 unspecified atom stereocenters. The van der Waals surface area contributed by atoms with E-state index >= 15 is 0 Å². The molecule has 0 aliphatic heterocycles. The van der Waals surface area contributed by atoms with Crippen molar-refractivity contribution in [1.29, 1.82) is 0 Å². The normalized spacial score (nSPS) is 23.6. The number of allylic oxidation sites excluding steroid dienone is 1. The van der Waals surface area contributed by atoms with Crippen LogP contribution in [-0.2, 0) is 0 Å². The summed E-state index contributed by atoms with van der Waals surface area (Å²) in [6.07, 6.45) is 5.88. The Morgan fingerprint density at radius 2 is 2.11 bits per heavy atom. The van der Waals surface area contributed by atoms with Crippen LogP contribution in [0, 0.1) is 0 Å². The summed E-state index contributed by atoms with van der Waals surface area (Å²) in [7, 11) is 0. The zero-order chi connectivity index (χ0) is 6.91. The van der Waals surface area contributed by atoms with E-state index in [1.807, 2.05) is 6.08 Å². The molecule has 3 heteroatoms. The highest BCUT2D eigenvalue weighted by Crippen LogP contribution is 2.09. The van der Waals surface area contributed by atoms with Gasteiger partial charge in [0.25, 0.3) is 0 Å². The van der Waals surface area contributed by atoms with Gasteiger partial charge in [0.1, 0.15) is 0 Å². The van der Waals surface area contributed by atoms with E-state index in [9.17, 15) is 0 Å². The lowest BCUT2D eigenvalue weighted by atomic mass is 10.0. The second-order valence-electron chi connectivity index (χ2n) is 2.35. The smallest absolute Gasteiger partial charge is 0.0868 e. The molecule has 0 bridgehead atoms. The van der Waals surface area contributed by atoms with Crippen LogP contribution in [0.15, 0.2) is 23.9 Å². The third-order valence-electron chi connectivity index (χ3n) is 1.28. The monoisotopic (exact) mass is 125 g/mol. The first-order chi connectivity index (χ1) is 4.10. The molecule has 9 heavy (non-hydrogen) atoms. The molecule has 0 aromatic heterocycles. The van der Waals surface area contributed by atoms with Crippen LogP contribution in [-0.4, -0.2) is 5.66 Å². The fourth-order valence-electron chi connectivity index (χ4n) is 0.682. The van der Waals surface area contributed by atoms with Crippen molar-refractivity contribution in [3.8, 4) is 0 Å². The van der Waals surface area contributed by atoms with Gasteiger partial charge in [-0.15, -0.1) is 0 Å². The molecular weight excluding hydrogens is 114 g/mol. The molecule has 1 aliphatic carbocycles. The SMILES string of the molecule is NC1=CCC(N)(N)C=C1. The third-order valence-corrected chi connectivity index (χ3v) is 1.28. The van der Waals surface area contributed by atoms with Crippen LogP contribution in [0.5, 0.6) is 0 Å². The maximum absolute atomic E-state index is 5.53. The Balaban J connectivity index is 2.70. The molecule has 0 fully saturated rings. The zero-order valence-electron chi connectivity index (χ0n) is 5.17. The molecule has 50 valence electrons. The van der Waals surface area contributed by atoms with Gasteiger partial charge < -0.3 is 17.2 Å². The van der Waals surface area contributed by atoms with Crippen molar-refractivity contribution in [2.75, 3.05) is 0 Å². The van der Waals surface area contributed by atoms with Gasteiger partial charge in [0.05, 0.1) is 5.66 Å². The maximum Gasteiger partial charge on any atom is 0.0868 e. The van der Waals surface area contributed by atoms with Crippen LogP contribution in [0.4, 0.5) is 0 Å². The third kappa shape index (κ3) is 1.55. The van der Waals surface area contributed by atoms with Crippen LogP contribution in [0.25, 0.3) is 0 Å². The molecule has 0 aromatic carbocycles. The molecule has 0 saturated heterocycles. The number of rotatable bonds is 0. The Labute approximate surface area is 54.2 Å². The fraction of sp³-hybridized carbons (Fsp3) is 0.333. The molecule has 3 nitrogen and oxygen atoms in total. The van der Waals surface area contributed by atoms with Crippen molar-refractivity contribution >= 4 is 0 Å². The Morgan fingerprint density at radius 1 is 1.44 bits per heavy atom. The summed E-state index contributed by atoms with van der Waals surface area (Å²) < 4.78 is 0. The summed E-state index contributed by atoms with van der Waals surface area (Å²) in [4.78, 5) is 0. The van der Waals surface area contributed by atoms with Crippen molar-refractivity contribution in [3.05, 3.63) is 23.9 Å². The van der Waals surface area contributed by atoms with Gasteiger partial charge in [0.2, 0.25) is 0 Å². The van der Waals surface area contributed by atoms with Gasteiger partial charge in [0.15, 0.2) is 0 Å². The molecular formula is C6H11N3. The second kappa shape index (κ2) is 1.86. The minimum Gasteiger partial charge on any atom is -0.399 e. The summed E-state index contributed by atoms with van der Waals surface area (Å²) in [5.74, 6) is 0. The van der Waals surface area contributed by atoms with Crippen molar-refractivity contribution in [2.24, 2.45) is 17.2 Å². The van der Waals surface area contributed by atoms with Crippen LogP contribution in [0.3, 0.4) is 0 Å². The van der Waals surface area contributed by atoms with Gasteiger partial charge in [0, 0.05) is 12.1 Å². The van der Waals surface area contributed by atoms with Crippen molar-refractivity contribution in [1.82, 2.24) is 0 Å². The van der Waals surface area contributed by atoms with E-state index in [1.165, 1.54) is 0 Å². The molecule has 1 aliphatic rings. The first-order valence-electron chi connectivity index (χ1n) is 2.83. The standard InChI is InChI=1S/C6H11N3/c7-5-1-3-6(8,9)4-2-5/h1-3H,4,7-9H2. The maximum atomic E-state index is 5.53. The molecule has 6 N–H and O–H groups in total. The minimum absolute atomic E-state index is 0.620. The number of hydrogen-bond donors (Lipinski definition) is 3. The second-order valence-corrected chi connectivity index (χ2v) is 2.35. The fourth-order valence-corrected chi connectivity index (χ4v) is 0.682. The van der Waals surface area contributed by atoms with E-state index in [0.29, 0.717) is 6.42 Å². The van der Waals surface area contributed by atoms with Crippen LogP contribution in [0.1, 0.15) is 6.42 Å². The lowest BCUT2D eigenvalue weighted by Gasteiger charge is -2.21. The summed E-state index contributed by atoms with van der Waals surface area (Å²) in [5.41, 5.74) is 16.5. The van der Waals surface area contributed by atoms with Crippen LogP contribution < -0.4 is 17.2 Å². The Kier molecular flexibility index (Phi) is 1.31. The van der Waals surface area contributed by atoms with Gasteiger partial charge >= 0.3 is 0 Å². The molecule has 0 amide bonds. The van der Waals surface area contributed by atoms with Gasteiger partial charge in [-0.2, -0.15) is 0 Å². The number of nitrogens with two attached hydrogens (primary N) is 3. The first-order valence-corrected chi connectivity index (χ1v) is 2.83. The summed E-state index contributed by atoms with van der Waals surface area (Å²) in [6, 6.07) is 0. The highest BCUT2D eigenvalue weighted by atomic mass is 14.9. The van der Waals surface area contributed by atoms with Gasteiger partial charge in [-0.05, 0) is 12.2 Å². The molecule has 0 spiro atoms. The van der Waals surface area contributed by atoms with E-state index in [4.69, 9.17) is 17.2 Å². The van der Waals surface area contributed by atoms with Crippen molar-refractivity contribution < 1.29 is 0 Å². The topological polar surface area (TPSA) is 78.1 Å². The quantitative estimate of drug-likeness (QED) is 0.378. The molecule has 0 saturated carbocycles. The van der Waals surface area contributed by atoms with E-state index in [1.54, 1.807) is 12.2 Å². The largest absolute Gasteiger partial charge is 0.399 e. The van der Waals surface area contributed by atoms with Gasteiger partial charge in [-0.3, -0.25) is 0 Å². The predicted octanol–water partition coefficient (Wildman–Crippen LogP) is -0.597. The highest BCUT2D eigenvalue weighted by Gasteiger charge is 2.15. The molecule has 0 atom stereocenters. The summed E-state index contributed by atoms with van der Waals surface area (Å²) in [6.45, 7) is 0. The Hall–Kier alpha value is -0.800. The van der Waals surface area contributed by atoms with Crippen LogP contribution in [0.2, 0.25) is 0 Å². The minimum atomic E-state index is -0.678. The number of hydrogen-bond acceptors (Lipinski definition) is 3. The Bertz CT molecular complexity index is 167. The van der Waals surface area contributed by atoms with E-state index in [0.717, 1.165) is 5.70 Å². The lowest BCUT2D eigenvalue weighted by molar-refractivity contribution is 0.554.